The van der Waals surface area contributed by atoms with Crippen LogP contribution in [0.1, 0.15) is 107 Å². The topological polar surface area (TPSA) is 81.2 Å². The van der Waals surface area contributed by atoms with Gasteiger partial charge in [-0.05, 0) is 12.3 Å². The summed E-state index contributed by atoms with van der Waals surface area (Å²) in [6.07, 6.45) is 13.8. The number of carbonyl (C=O) groups excluding carboxylic acids is 1. The zero-order chi connectivity index (χ0) is 18.5. The molecule has 0 fully saturated rings. The van der Waals surface area contributed by atoms with Gasteiger partial charge >= 0.3 is 0 Å². The second-order valence-corrected chi connectivity index (χ2v) is 7.07. The molecule has 0 aliphatic heterocycles. The van der Waals surface area contributed by atoms with E-state index in [2.05, 4.69) is 31.1 Å². The van der Waals surface area contributed by atoms with Gasteiger partial charge in [-0.3, -0.25) is 4.79 Å². The first-order valence-corrected chi connectivity index (χ1v) is 10.1. The van der Waals surface area contributed by atoms with Crippen molar-refractivity contribution in [3.63, 3.8) is 0 Å². The monoisotopic (exact) mass is 351 g/mol. The third-order valence-corrected chi connectivity index (χ3v) is 4.86. The number of carbonyl (C=O) groups is 1. The number of nitrogens with one attached hydrogen (secondary N) is 1. The van der Waals surface area contributed by atoms with Crippen LogP contribution in [0.15, 0.2) is 10.7 Å². The number of amides is 1. The van der Waals surface area contributed by atoms with Crippen LogP contribution in [0.3, 0.4) is 0 Å². The van der Waals surface area contributed by atoms with Gasteiger partial charge in [0.05, 0.1) is 6.04 Å². The van der Waals surface area contributed by atoms with Gasteiger partial charge in [0.2, 0.25) is 5.89 Å². The zero-order valence-corrected chi connectivity index (χ0v) is 16.4. The molecule has 0 aliphatic rings. The van der Waals surface area contributed by atoms with Gasteiger partial charge in [0.15, 0.2) is 5.69 Å². The number of nitrogens with zero attached hydrogens (tertiary/aromatic N) is 1. The van der Waals surface area contributed by atoms with E-state index in [1.165, 1.54) is 51.2 Å². The second-order valence-electron chi connectivity index (χ2n) is 7.07. The Morgan fingerprint density at radius 2 is 1.72 bits per heavy atom. The van der Waals surface area contributed by atoms with Crippen LogP contribution in [0.4, 0.5) is 0 Å². The normalized spacial score (nSPS) is 13.6. The van der Waals surface area contributed by atoms with Gasteiger partial charge in [-0.25, -0.2) is 4.98 Å². The third kappa shape index (κ3) is 8.52. The lowest BCUT2D eigenvalue weighted by Gasteiger charge is -2.13. The Bertz CT molecular complexity index is 473. The van der Waals surface area contributed by atoms with Crippen molar-refractivity contribution in [2.45, 2.75) is 91.0 Å². The van der Waals surface area contributed by atoms with Gasteiger partial charge in [-0.15, -0.1) is 0 Å². The first-order valence-electron chi connectivity index (χ1n) is 10.1. The van der Waals surface area contributed by atoms with Crippen molar-refractivity contribution in [1.29, 1.82) is 0 Å². The van der Waals surface area contributed by atoms with Crippen molar-refractivity contribution in [2.24, 2.45) is 11.7 Å². The van der Waals surface area contributed by atoms with E-state index in [1.807, 2.05) is 0 Å². The molecule has 0 saturated carbocycles. The smallest absolute Gasteiger partial charge is 0.273 e. The summed E-state index contributed by atoms with van der Waals surface area (Å²) in [5.41, 5.74) is 6.40. The molecule has 0 spiro atoms. The van der Waals surface area contributed by atoms with Crippen LogP contribution in [-0.2, 0) is 0 Å². The van der Waals surface area contributed by atoms with Gasteiger partial charge in [0.25, 0.3) is 5.91 Å². The fourth-order valence-corrected chi connectivity index (χ4v) is 2.77. The van der Waals surface area contributed by atoms with Crippen molar-refractivity contribution in [2.75, 3.05) is 6.54 Å². The number of unbranched alkanes of at least 4 members (excludes halogenated alkanes) is 8. The minimum absolute atomic E-state index is 0.175. The van der Waals surface area contributed by atoms with E-state index in [-0.39, 0.29) is 17.9 Å². The van der Waals surface area contributed by atoms with Crippen molar-refractivity contribution in [1.82, 2.24) is 10.3 Å². The Morgan fingerprint density at radius 3 is 2.32 bits per heavy atom. The number of oxazole rings is 1. The molecule has 1 aromatic heterocycles. The summed E-state index contributed by atoms with van der Waals surface area (Å²) in [7, 11) is 0. The highest BCUT2D eigenvalue weighted by Gasteiger charge is 2.20. The van der Waals surface area contributed by atoms with E-state index < -0.39 is 0 Å². The molecule has 1 heterocycles. The number of hydrogen-bond acceptors (Lipinski definition) is 4. The highest BCUT2D eigenvalue weighted by atomic mass is 16.3. The fraction of sp³-hybridized carbons (Fsp3) is 0.800. The number of rotatable bonds is 14. The van der Waals surface area contributed by atoms with Gasteiger partial charge < -0.3 is 15.5 Å². The van der Waals surface area contributed by atoms with Crippen molar-refractivity contribution < 1.29 is 9.21 Å². The lowest BCUT2D eigenvalue weighted by Crippen LogP contribution is -2.25. The van der Waals surface area contributed by atoms with Crippen LogP contribution in [-0.4, -0.2) is 17.4 Å². The summed E-state index contributed by atoms with van der Waals surface area (Å²) in [5.74, 6) is 0.546. The Labute approximate surface area is 153 Å². The lowest BCUT2D eigenvalue weighted by atomic mass is 10.0. The number of hydrogen-bond donors (Lipinski definition) is 2. The summed E-state index contributed by atoms with van der Waals surface area (Å²) < 4.78 is 5.37. The standard InChI is InChI=1S/C20H37N3O2/c1-4-6-7-8-9-10-11-12-13-14-22-19(24)17-15-25-20(23-17)18(21)16(3)5-2/h15-16,18H,4-14,21H2,1-3H3,(H,22,24). The van der Waals surface area contributed by atoms with Crippen LogP contribution < -0.4 is 11.1 Å². The molecule has 1 aromatic rings. The lowest BCUT2D eigenvalue weighted by molar-refractivity contribution is 0.0948. The average molecular weight is 352 g/mol. The van der Waals surface area contributed by atoms with Gasteiger partial charge in [0.1, 0.15) is 6.26 Å². The van der Waals surface area contributed by atoms with Gasteiger partial charge in [-0.1, -0.05) is 78.6 Å². The maximum atomic E-state index is 12.1. The highest BCUT2D eigenvalue weighted by Crippen LogP contribution is 2.21. The minimum atomic E-state index is -0.260. The Morgan fingerprint density at radius 1 is 1.12 bits per heavy atom. The summed E-state index contributed by atoms with van der Waals surface area (Å²) >= 11 is 0. The quantitative estimate of drug-likeness (QED) is 0.463. The number of aromatic nitrogens is 1. The molecule has 0 saturated heterocycles. The Hall–Kier alpha value is -1.36. The summed E-state index contributed by atoms with van der Waals surface area (Å²) in [5, 5.41) is 2.91. The molecule has 5 heteroatoms. The highest BCUT2D eigenvalue weighted by molar-refractivity contribution is 5.91. The summed E-state index contributed by atoms with van der Waals surface area (Å²) in [4.78, 5) is 16.3. The van der Waals surface area contributed by atoms with E-state index in [0.717, 1.165) is 19.3 Å². The molecule has 3 N–H and O–H groups in total. The predicted octanol–water partition coefficient (Wildman–Crippen LogP) is 4.98. The van der Waals surface area contributed by atoms with Crippen LogP contribution in [0.25, 0.3) is 0 Å². The van der Waals surface area contributed by atoms with E-state index in [1.54, 1.807) is 0 Å². The molecule has 1 amide bonds. The van der Waals surface area contributed by atoms with E-state index in [4.69, 9.17) is 10.2 Å². The molecule has 5 nitrogen and oxygen atoms in total. The van der Waals surface area contributed by atoms with Crippen molar-refractivity contribution in [3.8, 4) is 0 Å². The number of nitrogens with two attached hydrogens (primary N) is 1. The maximum absolute atomic E-state index is 12.1. The Balaban J connectivity index is 2.14. The van der Waals surface area contributed by atoms with Gasteiger partial charge in [0, 0.05) is 6.54 Å². The fourth-order valence-electron chi connectivity index (χ4n) is 2.77. The first-order chi connectivity index (χ1) is 12.1. The maximum Gasteiger partial charge on any atom is 0.273 e. The van der Waals surface area contributed by atoms with Crippen molar-refractivity contribution in [3.05, 3.63) is 17.8 Å². The second kappa shape index (κ2) is 12.9. The predicted molar refractivity (Wildman–Crippen MR) is 102 cm³/mol. The molecule has 25 heavy (non-hydrogen) atoms. The largest absolute Gasteiger partial charge is 0.446 e. The van der Waals surface area contributed by atoms with E-state index >= 15 is 0 Å². The zero-order valence-electron chi connectivity index (χ0n) is 16.4. The molecular weight excluding hydrogens is 314 g/mol. The van der Waals surface area contributed by atoms with E-state index in [0.29, 0.717) is 18.1 Å². The molecule has 0 radical (unpaired) electrons. The summed E-state index contributed by atoms with van der Waals surface area (Å²) in [6.45, 7) is 7.06. The molecular formula is C20H37N3O2. The summed E-state index contributed by atoms with van der Waals surface area (Å²) in [6, 6.07) is -0.260. The molecule has 0 aromatic carbocycles. The Kier molecular flexibility index (Phi) is 11.2. The molecule has 2 atom stereocenters. The van der Waals surface area contributed by atoms with E-state index in [9.17, 15) is 4.79 Å². The SMILES string of the molecule is CCCCCCCCCCCNC(=O)c1coc(C(N)C(C)CC)n1. The van der Waals surface area contributed by atoms with Crippen LogP contribution in [0, 0.1) is 5.92 Å². The molecule has 0 aliphatic carbocycles. The van der Waals surface area contributed by atoms with Gasteiger partial charge in [-0.2, -0.15) is 0 Å². The molecule has 1 rings (SSSR count). The molecule has 2 unspecified atom stereocenters. The molecule has 144 valence electrons. The average Bonchev–Trinajstić information content (AvgIpc) is 3.12. The van der Waals surface area contributed by atoms with Crippen LogP contribution in [0.2, 0.25) is 0 Å². The van der Waals surface area contributed by atoms with Crippen molar-refractivity contribution >= 4 is 5.91 Å². The van der Waals surface area contributed by atoms with Crippen LogP contribution >= 0.6 is 0 Å². The third-order valence-electron chi connectivity index (χ3n) is 4.86. The van der Waals surface area contributed by atoms with Crippen LogP contribution in [0.5, 0.6) is 0 Å². The molecule has 0 bridgehead atoms. The first kappa shape index (κ1) is 21.7. The minimum Gasteiger partial charge on any atom is -0.446 e.